The van der Waals surface area contributed by atoms with Crippen molar-refractivity contribution in [3.8, 4) is 0 Å². The second-order valence-electron chi connectivity index (χ2n) is 6.91. The normalized spacial score (nSPS) is 22.5. The highest BCUT2D eigenvalue weighted by Crippen LogP contribution is 2.23. The second kappa shape index (κ2) is 6.21. The van der Waals surface area contributed by atoms with Crippen LogP contribution in [0, 0.1) is 0 Å². The molecule has 0 saturated carbocycles. The molecule has 5 rings (SSSR count). The minimum Gasteiger partial charge on any atom is -0.377 e. The van der Waals surface area contributed by atoms with Gasteiger partial charge in [-0.25, -0.2) is 14.2 Å². The molecule has 2 unspecified atom stereocenters. The van der Waals surface area contributed by atoms with Crippen LogP contribution >= 0.6 is 0 Å². The van der Waals surface area contributed by atoms with E-state index in [2.05, 4.69) is 20.5 Å². The number of aryl methyl sites for hydroxylation is 2. The highest BCUT2D eigenvalue weighted by molar-refractivity contribution is 5.44. The van der Waals surface area contributed by atoms with Crippen molar-refractivity contribution in [2.45, 2.75) is 37.8 Å². The Balaban J connectivity index is 1.44. The summed E-state index contributed by atoms with van der Waals surface area (Å²) in [5.74, 6) is 0.724. The minimum absolute atomic E-state index is 0.0500. The molecule has 1 aliphatic heterocycles. The van der Waals surface area contributed by atoms with Crippen molar-refractivity contribution in [2.75, 3.05) is 18.5 Å². The second-order valence-corrected chi connectivity index (χ2v) is 6.91. The monoisotopic (exact) mass is 352 g/mol. The van der Waals surface area contributed by atoms with Crippen LogP contribution < -0.4 is 10.9 Å². The number of rotatable bonds is 3. The molecule has 1 aliphatic carbocycles. The lowest BCUT2D eigenvalue weighted by Crippen LogP contribution is -2.38. The van der Waals surface area contributed by atoms with Crippen molar-refractivity contribution < 1.29 is 4.74 Å². The number of hydrogen-bond donors (Lipinski definition) is 1. The molecule has 4 heterocycles. The van der Waals surface area contributed by atoms with Crippen LogP contribution in [0.4, 0.5) is 5.82 Å². The summed E-state index contributed by atoms with van der Waals surface area (Å²) in [4.78, 5) is 16.8. The van der Waals surface area contributed by atoms with Gasteiger partial charge in [-0.3, -0.25) is 4.79 Å². The maximum absolute atomic E-state index is 12.6. The van der Waals surface area contributed by atoms with E-state index in [9.17, 15) is 4.79 Å². The van der Waals surface area contributed by atoms with Crippen LogP contribution in [0.3, 0.4) is 0 Å². The quantitative estimate of drug-likeness (QED) is 0.763. The van der Waals surface area contributed by atoms with E-state index in [4.69, 9.17) is 4.74 Å². The molecule has 1 fully saturated rings. The SMILES string of the molecule is O=c1cc2c(nn1C1COCC1Nc1ccc3nccn3n1)CCCC2. The molecule has 0 spiro atoms. The Morgan fingerprint density at radius 3 is 3.04 bits per heavy atom. The molecule has 2 atom stereocenters. The van der Waals surface area contributed by atoms with Crippen molar-refractivity contribution in [2.24, 2.45) is 0 Å². The van der Waals surface area contributed by atoms with Gasteiger partial charge < -0.3 is 10.1 Å². The Hall–Kier alpha value is -2.74. The van der Waals surface area contributed by atoms with Crippen LogP contribution in [-0.2, 0) is 17.6 Å². The third-order valence-electron chi connectivity index (χ3n) is 5.19. The first kappa shape index (κ1) is 15.5. The molecular weight excluding hydrogens is 332 g/mol. The molecular formula is C18H20N6O2. The molecule has 2 aliphatic rings. The maximum Gasteiger partial charge on any atom is 0.267 e. The molecule has 8 heteroatoms. The zero-order valence-electron chi connectivity index (χ0n) is 14.3. The van der Waals surface area contributed by atoms with Gasteiger partial charge in [0.15, 0.2) is 5.65 Å². The lowest BCUT2D eigenvalue weighted by molar-refractivity contribution is 0.182. The molecule has 0 amide bonds. The average Bonchev–Trinajstić information content (AvgIpc) is 3.30. The molecule has 0 radical (unpaired) electrons. The molecule has 26 heavy (non-hydrogen) atoms. The van der Waals surface area contributed by atoms with Gasteiger partial charge in [0.2, 0.25) is 0 Å². The van der Waals surface area contributed by atoms with E-state index in [0.29, 0.717) is 13.2 Å². The summed E-state index contributed by atoms with van der Waals surface area (Å²) in [5, 5.41) is 12.6. The van der Waals surface area contributed by atoms with Crippen LogP contribution in [0.25, 0.3) is 5.65 Å². The zero-order chi connectivity index (χ0) is 17.5. The summed E-state index contributed by atoms with van der Waals surface area (Å²) in [6.07, 6.45) is 7.69. The summed E-state index contributed by atoms with van der Waals surface area (Å²) in [5.41, 5.74) is 2.90. The van der Waals surface area contributed by atoms with Gasteiger partial charge in [-0.05, 0) is 43.4 Å². The first-order chi connectivity index (χ1) is 12.8. The first-order valence-corrected chi connectivity index (χ1v) is 9.04. The summed E-state index contributed by atoms with van der Waals surface area (Å²) in [6, 6.07) is 5.35. The predicted octanol–water partition coefficient (Wildman–Crippen LogP) is 1.22. The van der Waals surface area contributed by atoms with E-state index in [-0.39, 0.29) is 17.6 Å². The Morgan fingerprint density at radius 2 is 2.08 bits per heavy atom. The Labute approximate surface area is 149 Å². The number of anilines is 1. The van der Waals surface area contributed by atoms with E-state index in [0.717, 1.165) is 48.4 Å². The van der Waals surface area contributed by atoms with Gasteiger partial charge in [0, 0.05) is 18.5 Å². The highest BCUT2D eigenvalue weighted by atomic mass is 16.5. The van der Waals surface area contributed by atoms with Gasteiger partial charge in [0.25, 0.3) is 5.56 Å². The fourth-order valence-corrected chi connectivity index (χ4v) is 3.82. The van der Waals surface area contributed by atoms with Crippen molar-refractivity contribution >= 4 is 11.5 Å². The number of ether oxygens (including phenoxy) is 1. The van der Waals surface area contributed by atoms with Crippen molar-refractivity contribution in [3.63, 3.8) is 0 Å². The Kier molecular flexibility index (Phi) is 3.70. The molecule has 134 valence electrons. The Morgan fingerprint density at radius 1 is 1.15 bits per heavy atom. The Bertz CT molecular complexity index is 1010. The summed E-state index contributed by atoms with van der Waals surface area (Å²) in [6.45, 7) is 0.982. The van der Waals surface area contributed by atoms with Gasteiger partial charge in [0.05, 0.1) is 24.9 Å². The van der Waals surface area contributed by atoms with Crippen molar-refractivity contribution in [1.82, 2.24) is 24.4 Å². The van der Waals surface area contributed by atoms with Crippen molar-refractivity contribution in [1.29, 1.82) is 0 Å². The van der Waals surface area contributed by atoms with Crippen molar-refractivity contribution in [3.05, 3.63) is 52.2 Å². The van der Waals surface area contributed by atoms with E-state index in [1.54, 1.807) is 27.7 Å². The van der Waals surface area contributed by atoms with Crippen LogP contribution in [0.5, 0.6) is 0 Å². The van der Waals surface area contributed by atoms with Crippen LogP contribution in [0.1, 0.15) is 30.1 Å². The fourth-order valence-electron chi connectivity index (χ4n) is 3.82. The van der Waals surface area contributed by atoms with Gasteiger partial charge in [-0.15, -0.1) is 5.10 Å². The fraction of sp³-hybridized carbons (Fsp3) is 0.444. The van der Waals surface area contributed by atoms with E-state index >= 15 is 0 Å². The predicted molar refractivity (Wildman–Crippen MR) is 95.4 cm³/mol. The van der Waals surface area contributed by atoms with E-state index < -0.39 is 0 Å². The molecule has 0 aromatic carbocycles. The molecule has 1 N–H and O–H groups in total. The standard InChI is InChI=1S/C18H20N6O2/c25-18-9-12-3-1-2-4-13(12)21-24(18)15-11-26-10-14(15)20-16-5-6-17-19-7-8-23(17)22-16/h5-9,14-15H,1-4,10-11H2,(H,20,22). The largest absolute Gasteiger partial charge is 0.377 e. The summed E-state index contributed by atoms with van der Waals surface area (Å²) < 4.78 is 8.98. The van der Waals surface area contributed by atoms with Gasteiger partial charge >= 0.3 is 0 Å². The first-order valence-electron chi connectivity index (χ1n) is 9.04. The maximum atomic E-state index is 12.6. The van der Waals surface area contributed by atoms with Gasteiger partial charge in [0.1, 0.15) is 11.9 Å². The molecule has 1 saturated heterocycles. The molecule has 3 aromatic rings. The third-order valence-corrected chi connectivity index (χ3v) is 5.19. The number of fused-ring (bicyclic) bond motifs is 2. The van der Waals surface area contributed by atoms with Gasteiger partial charge in [-0.1, -0.05) is 0 Å². The van der Waals surface area contributed by atoms with E-state index in [1.807, 2.05) is 12.1 Å². The number of imidazole rings is 1. The van der Waals surface area contributed by atoms with E-state index in [1.165, 1.54) is 0 Å². The van der Waals surface area contributed by atoms with Gasteiger partial charge in [-0.2, -0.15) is 5.10 Å². The smallest absolute Gasteiger partial charge is 0.267 e. The molecule has 8 nitrogen and oxygen atoms in total. The number of nitrogens with one attached hydrogen (secondary N) is 1. The van der Waals surface area contributed by atoms with Crippen LogP contribution in [0.15, 0.2) is 35.4 Å². The third kappa shape index (κ3) is 2.66. The molecule has 0 bridgehead atoms. The number of aromatic nitrogens is 5. The molecule has 3 aromatic heterocycles. The number of hydrogen-bond acceptors (Lipinski definition) is 6. The summed E-state index contributed by atoms with van der Waals surface area (Å²) in [7, 11) is 0. The number of nitrogens with zero attached hydrogens (tertiary/aromatic N) is 5. The zero-order valence-corrected chi connectivity index (χ0v) is 14.3. The lowest BCUT2D eigenvalue weighted by atomic mass is 9.97. The van der Waals surface area contributed by atoms with Crippen LogP contribution in [-0.4, -0.2) is 43.6 Å². The highest BCUT2D eigenvalue weighted by Gasteiger charge is 2.32. The average molecular weight is 352 g/mol. The minimum atomic E-state index is -0.144. The lowest BCUT2D eigenvalue weighted by Gasteiger charge is -2.23. The topological polar surface area (TPSA) is 86.3 Å². The van der Waals surface area contributed by atoms with Crippen LogP contribution in [0.2, 0.25) is 0 Å². The summed E-state index contributed by atoms with van der Waals surface area (Å²) >= 11 is 0.